The van der Waals surface area contributed by atoms with Crippen LogP contribution < -0.4 is 5.32 Å². The Labute approximate surface area is 148 Å². The van der Waals surface area contributed by atoms with Crippen LogP contribution in [0, 0.1) is 10.1 Å². The Balaban J connectivity index is 2.08. The number of carbonyl (C=O) groups excluding carboxylic acids is 2. The number of nitrogens with zero attached hydrogens (tertiary/aromatic N) is 2. The maximum atomic E-state index is 12.5. The van der Waals surface area contributed by atoms with Crippen molar-refractivity contribution >= 4 is 23.5 Å². The van der Waals surface area contributed by atoms with E-state index in [0.717, 1.165) is 11.0 Å². The number of nitrogens with one attached hydrogen (secondary N) is 1. The normalized spacial score (nSPS) is 20.5. The number of amides is 2. The number of benzene rings is 1. The molecule has 2 N–H and O–H groups in total. The van der Waals surface area contributed by atoms with Gasteiger partial charge in [-0.05, 0) is 13.0 Å². The van der Waals surface area contributed by atoms with Crippen molar-refractivity contribution in [1.82, 2.24) is 10.2 Å². The highest BCUT2D eigenvalue weighted by molar-refractivity contribution is 5.98. The van der Waals surface area contributed by atoms with Crippen LogP contribution in [0.3, 0.4) is 0 Å². The van der Waals surface area contributed by atoms with Crippen LogP contribution in [-0.2, 0) is 14.3 Å². The second kappa shape index (κ2) is 7.91. The number of ether oxygens (including phenoxy) is 1. The van der Waals surface area contributed by atoms with E-state index in [0.29, 0.717) is 0 Å². The van der Waals surface area contributed by atoms with Crippen molar-refractivity contribution in [3.05, 3.63) is 39.9 Å². The molecular weight excluding hydrogens is 346 g/mol. The quantitative estimate of drug-likeness (QED) is 0.550. The number of rotatable bonds is 6. The second-order valence-corrected chi connectivity index (χ2v) is 5.94. The molecule has 1 aromatic carbocycles. The van der Waals surface area contributed by atoms with E-state index in [4.69, 9.17) is 4.74 Å². The summed E-state index contributed by atoms with van der Waals surface area (Å²) in [7, 11) is 1.44. The highest BCUT2D eigenvalue weighted by atomic mass is 16.6. The van der Waals surface area contributed by atoms with Gasteiger partial charge in [0.25, 0.3) is 11.6 Å². The molecule has 0 radical (unpaired) electrons. The van der Waals surface area contributed by atoms with E-state index in [1.165, 1.54) is 32.2 Å². The molecule has 1 aromatic rings. The molecule has 1 fully saturated rings. The lowest BCUT2D eigenvalue weighted by atomic mass is 10.1. The predicted octanol–water partition coefficient (Wildman–Crippen LogP) is 0.414. The number of carboxylic acid groups (broad SMARTS) is 1. The first kappa shape index (κ1) is 19.3. The van der Waals surface area contributed by atoms with Crippen LogP contribution in [0.4, 0.5) is 5.69 Å². The predicted molar refractivity (Wildman–Crippen MR) is 88.6 cm³/mol. The van der Waals surface area contributed by atoms with E-state index in [9.17, 15) is 29.6 Å². The van der Waals surface area contributed by atoms with Crippen LogP contribution in [-0.4, -0.2) is 64.6 Å². The fraction of sp³-hybridized carbons (Fsp3) is 0.438. The van der Waals surface area contributed by atoms with Crippen LogP contribution in [0.1, 0.15) is 23.7 Å². The number of hydrogen-bond acceptors (Lipinski definition) is 6. The molecule has 0 aliphatic carbocycles. The van der Waals surface area contributed by atoms with Gasteiger partial charge >= 0.3 is 5.97 Å². The summed E-state index contributed by atoms with van der Waals surface area (Å²) in [5.74, 6) is -2.37. The number of carboxylic acids is 1. The Morgan fingerprint density at radius 1 is 1.42 bits per heavy atom. The lowest BCUT2D eigenvalue weighted by Gasteiger charge is -2.25. The Kier molecular flexibility index (Phi) is 5.88. The second-order valence-electron chi connectivity index (χ2n) is 5.94. The molecule has 0 bridgehead atoms. The molecule has 2 rings (SSSR count). The first-order valence-electron chi connectivity index (χ1n) is 7.86. The fourth-order valence-electron chi connectivity index (χ4n) is 2.80. The van der Waals surface area contributed by atoms with E-state index >= 15 is 0 Å². The van der Waals surface area contributed by atoms with Crippen molar-refractivity contribution in [3.63, 3.8) is 0 Å². The molecular formula is C16H19N3O7. The maximum absolute atomic E-state index is 12.5. The standard InChI is InChI=1S/C16H19N3O7/c1-9(15(21)18-8-12(26-2)7-13(18)16(22)23)17-14(20)10-4-3-5-11(6-10)19(24)25/h3-6,9,12-13H,7-8H2,1-2H3,(H,17,20)(H,22,23). The summed E-state index contributed by atoms with van der Waals surface area (Å²) in [5.41, 5.74) is -0.213. The van der Waals surface area contributed by atoms with Gasteiger partial charge in [-0.3, -0.25) is 19.7 Å². The summed E-state index contributed by atoms with van der Waals surface area (Å²) < 4.78 is 5.13. The first-order chi connectivity index (χ1) is 12.2. The van der Waals surface area contributed by atoms with Gasteiger partial charge in [-0.1, -0.05) is 6.07 Å². The molecule has 0 aromatic heterocycles. The molecule has 1 aliphatic heterocycles. The summed E-state index contributed by atoms with van der Waals surface area (Å²) in [6.07, 6.45) is -0.219. The molecule has 0 spiro atoms. The van der Waals surface area contributed by atoms with E-state index < -0.39 is 34.8 Å². The van der Waals surface area contributed by atoms with Gasteiger partial charge in [0.05, 0.1) is 11.0 Å². The first-order valence-corrected chi connectivity index (χ1v) is 7.86. The number of methoxy groups -OCH3 is 1. The highest BCUT2D eigenvalue weighted by Crippen LogP contribution is 2.21. The van der Waals surface area contributed by atoms with Gasteiger partial charge < -0.3 is 20.1 Å². The average molecular weight is 365 g/mol. The molecule has 3 atom stereocenters. The lowest BCUT2D eigenvalue weighted by Crippen LogP contribution is -2.50. The minimum absolute atomic E-state index is 0.0322. The largest absolute Gasteiger partial charge is 0.480 e. The van der Waals surface area contributed by atoms with Crippen molar-refractivity contribution in [2.24, 2.45) is 0 Å². The van der Waals surface area contributed by atoms with E-state index in [1.54, 1.807) is 0 Å². The molecule has 2 amide bonds. The van der Waals surface area contributed by atoms with Gasteiger partial charge in [0.1, 0.15) is 12.1 Å². The molecule has 3 unspecified atom stereocenters. The zero-order chi connectivity index (χ0) is 19.4. The van der Waals surface area contributed by atoms with E-state index in [2.05, 4.69) is 5.32 Å². The zero-order valence-electron chi connectivity index (χ0n) is 14.2. The van der Waals surface area contributed by atoms with Crippen LogP contribution in [0.2, 0.25) is 0 Å². The lowest BCUT2D eigenvalue weighted by molar-refractivity contribution is -0.384. The topological polar surface area (TPSA) is 139 Å². The summed E-state index contributed by atoms with van der Waals surface area (Å²) in [5, 5.41) is 22.5. The highest BCUT2D eigenvalue weighted by Gasteiger charge is 2.41. The van der Waals surface area contributed by atoms with Gasteiger partial charge in [0, 0.05) is 37.8 Å². The van der Waals surface area contributed by atoms with Gasteiger partial charge in [0.2, 0.25) is 5.91 Å². The average Bonchev–Trinajstić information content (AvgIpc) is 3.05. The molecule has 1 aliphatic rings. The van der Waals surface area contributed by atoms with Crippen molar-refractivity contribution < 1.29 is 29.2 Å². The van der Waals surface area contributed by atoms with Crippen molar-refractivity contribution in [2.45, 2.75) is 31.5 Å². The number of non-ortho nitro benzene ring substituents is 1. The third-order valence-corrected chi connectivity index (χ3v) is 4.20. The third-order valence-electron chi connectivity index (χ3n) is 4.20. The Morgan fingerprint density at radius 3 is 2.69 bits per heavy atom. The maximum Gasteiger partial charge on any atom is 0.326 e. The summed E-state index contributed by atoms with van der Waals surface area (Å²) in [4.78, 5) is 47.5. The SMILES string of the molecule is COC1CC(C(=O)O)N(C(=O)C(C)NC(=O)c2cccc([N+](=O)[O-])c2)C1. The van der Waals surface area contributed by atoms with Crippen LogP contribution >= 0.6 is 0 Å². The van der Waals surface area contributed by atoms with Gasteiger partial charge in [-0.25, -0.2) is 4.79 Å². The Hall–Kier alpha value is -3.01. The Bertz CT molecular complexity index is 736. The van der Waals surface area contributed by atoms with Crippen LogP contribution in [0.25, 0.3) is 0 Å². The number of hydrogen-bond donors (Lipinski definition) is 2. The van der Waals surface area contributed by atoms with Crippen molar-refractivity contribution in [2.75, 3.05) is 13.7 Å². The van der Waals surface area contributed by atoms with E-state index in [1.807, 2.05) is 0 Å². The number of carbonyl (C=O) groups is 3. The monoisotopic (exact) mass is 365 g/mol. The smallest absolute Gasteiger partial charge is 0.326 e. The minimum Gasteiger partial charge on any atom is -0.480 e. The molecule has 0 saturated carbocycles. The number of likely N-dealkylation sites (tertiary alicyclic amines) is 1. The van der Waals surface area contributed by atoms with Gasteiger partial charge in [0.15, 0.2) is 0 Å². The fourth-order valence-corrected chi connectivity index (χ4v) is 2.80. The molecule has 10 heteroatoms. The summed E-state index contributed by atoms with van der Waals surface area (Å²) in [6, 6.07) is 3.07. The van der Waals surface area contributed by atoms with Gasteiger partial charge in [-0.15, -0.1) is 0 Å². The molecule has 26 heavy (non-hydrogen) atoms. The molecule has 10 nitrogen and oxygen atoms in total. The zero-order valence-corrected chi connectivity index (χ0v) is 14.2. The van der Waals surface area contributed by atoms with Crippen molar-refractivity contribution in [3.8, 4) is 0 Å². The molecule has 1 heterocycles. The number of aliphatic carboxylic acids is 1. The third kappa shape index (κ3) is 4.14. The van der Waals surface area contributed by atoms with Crippen LogP contribution in [0.5, 0.6) is 0 Å². The molecule has 1 saturated heterocycles. The summed E-state index contributed by atoms with van der Waals surface area (Å²) >= 11 is 0. The van der Waals surface area contributed by atoms with Gasteiger partial charge in [-0.2, -0.15) is 0 Å². The Morgan fingerprint density at radius 2 is 2.12 bits per heavy atom. The van der Waals surface area contributed by atoms with Crippen molar-refractivity contribution in [1.29, 1.82) is 0 Å². The minimum atomic E-state index is -1.14. The van der Waals surface area contributed by atoms with Crippen LogP contribution in [0.15, 0.2) is 24.3 Å². The summed E-state index contributed by atoms with van der Waals surface area (Å²) in [6.45, 7) is 1.54. The number of nitro groups is 1. The number of nitro benzene ring substituents is 1. The molecule has 140 valence electrons. The van der Waals surface area contributed by atoms with E-state index in [-0.39, 0.29) is 30.3 Å².